The fraction of sp³-hybridized carbons (Fsp3) is 0.500. The van der Waals surface area contributed by atoms with Crippen LogP contribution in [0.15, 0.2) is 24.3 Å². The van der Waals surface area contributed by atoms with Gasteiger partial charge in [0.05, 0.1) is 6.61 Å². The van der Waals surface area contributed by atoms with Crippen LogP contribution in [0.1, 0.15) is 30.6 Å². The molecule has 0 spiro atoms. The largest absolute Gasteiger partial charge is 0.493 e. The Kier molecular flexibility index (Phi) is 6.37. The van der Waals surface area contributed by atoms with Gasteiger partial charge >= 0.3 is 5.97 Å². The van der Waals surface area contributed by atoms with E-state index in [4.69, 9.17) is 9.47 Å². The molecule has 0 saturated heterocycles. The molecule has 1 N–H and O–H groups in total. The van der Waals surface area contributed by atoms with Crippen LogP contribution >= 0.6 is 0 Å². The summed E-state index contributed by atoms with van der Waals surface area (Å²) in [4.78, 5) is 24.9. The second-order valence-electron chi connectivity index (χ2n) is 5.45. The summed E-state index contributed by atoms with van der Waals surface area (Å²) < 4.78 is 10.5. The lowest BCUT2D eigenvalue weighted by Crippen LogP contribution is -2.50. The Morgan fingerprint density at radius 2 is 1.95 bits per heavy atom. The molecule has 1 rings (SSSR count). The molecule has 0 aliphatic heterocycles. The second-order valence-corrected chi connectivity index (χ2v) is 5.45. The maximum atomic E-state index is 12.4. The molecule has 6 heteroatoms. The Morgan fingerprint density at radius 1 is 1.27 bits per heavy atom. The number of carbonyl (C=O) groups is 2. The van der Waals surface area contributed by atoms with Crippen LogP contribution in [0.5, 0.6) is 5.75 Å². The molecule has 0 aromatic heterocycles. The zero-order valence-corrected chi connectivity index (χ0v) is 13.5. The fourth-order valence-corrected chi connectivity index (χ4v) is 1.70. The predicted molar refractivity (Wildman–Crippen MR) is 82.2 cm³/mol. The lowest BCUT2D eigenvalue weighted by atomic mass is 10.0. The van der Waals surface area contributed by atoms with Gasteiger partial charge in [0, 0.05) is 32.7 Å². The van der Waals surface area contributed by atoms with Gasteiger partial charge in [0.2, 0.25) is 0 Å². The second kappa shape index (κ2) is 7.79. The molecule has 0 unspecified atom stereocenters. The maximum absolute atomic E-state index is 12.4. The Labute approximate surface area is 130 Å². The number of benzene rings is 1. The number of carboxylic acids is 1. The van der Waals surface area contributed by atoms with E-state index < -0.39 is 11.5 Å². The van der Waals surface area contributed by atoms with Crippen molar-refractivity contribution in [1.29, 1.82) is 0 Å². The molecule has 0 bridgehead atoms. The number of amides is 1. The van der Waals surface area contributed by atoms with Crippen LogP contribution in [0.25, 0.3) is 0 Å². The minimum atomic E-state index is -1.29. The van der Waals surface area contributed by atoms with Crippen molar-refractivity contribution < 1.29 is 24.2 Å². The molecule has 0 heterocycles. The number of nitrogens with zero attached hydrogens (tertiary/aromatic N) is 1. The summed E-state index contributed by atoms with van der Waals surface area (Å²) in [7, 11) is 3.10. The van der Waals surface area contributed by atoms with E-state index in [1.807, 2.05) is 0 Å². The Balaban J connectivity index is 2.80. The average Bonchev–Trinajstić information content (AvgIpc) is 2.50. The van der Waals surface area contributed by atoms with Crippen LogP contribution in [0.4, 0.5) is 0 Å². The van der Waals surface area contributed by atoms with Crippen LogP contribution in [0.3, 0.4) is 0 Å². The van der Waals surface area contributed by atoms with Gasteiger partial charge in [-0.15, -0.1) is 0 Å². The Morgan fingerprint density at radius 3 is 2.55 bits per heavy atom. The van der Waals surface area contributed by atoms with E-state index in [2.05, 4.69) is 0 Å². The number of carbonyl (C=O) groups excluding carboxylic acids is 1. The van der Waals surface area contributed by atoms with Crippen LogP contribution in [0, 0.1) is 0 Å². The summed E-state index contributed by atoms with van der Waals surface area (Å²) in [6, 6.07) is 6.72. The predicted octanol–water partition coefficient (Wildman–Crippen LogP) is 2.04. The third-order valence-electron chi connectivity index (χ3n) is 3.51. The summed E-state index contributed by atoms with van der Waals surface area (Å²) in [5.41, 5.74) is -0.895. The van der Waals surface area contributed by atoms with E-state index in [-0.39, 0.29) is 5.91 Å². The molecule has 122 valence electrons. The van der Waals surface area contributed by atoms with Crippen LogP contribution < -0.4 is 4.74 Å². The number of carboxylic acid groups (broad SMARTS) is 1. The van der Waals surface area contributed by atoms with Crippen molar-refractivity contribution in [2.45, 2.75) is 25.8 Å². The molecule has 0 aliphatic carbocycles. The molecule has 0 aliphatic rings. The molecular formula is C16H23NO5. The highest BCUT2D eigenvalue weighted by Crippen LogP contribution is 2.19. The molecule has 6 nitrogen and oxygen atoms in total. The SMILES string of the molecule is COCCCOc1cccc(C(=O)N(C)C(C)(C)C(=O)O)c1. The molecule has 0 atom stereocenters. The zero-order chi connectivity index (χ0) is 16.8. The monoisotopic (exact) mass is 309 g/mol. The topological polar surface area (TPSA) is 76.1 Å². The lowest BCUT2D eigenvalue weighted by molar-refractivity contribution is -0.147. The minimum absolute atomic E-state index is 0.366. The van der Waals surface area contributed by atoms with Gasteiger partial charge in [-0.3, -0.25) is 4.79 Å². The molecule has 22 heavy (non-hydrogen) atoms. The third kappa shape index (κ3) is 4.46. The van der Waals surface area contributed by atoms with Crippen molar-refractivity contribution in [3.63, 3.8) is 0 Å². The van der Waals surface area contributed by atoms with Crippen molar-refractivity contribution in [3.8, 4) is 5.75 Å². The number of likely N-dealkylation sites (N-methyl/N-ethyl adjacent to an activating group) is 1. The highest BCUT2D eigenvalue weighted by Gasteiger charge is 2.35. The van der Waals surface area contributed by atoms with Gasteiger partial charge in [-0.2, -0.15) is 0 Å². The molecule has 1 aromatic rings. The van der Waals surface area contributed by atoms with Crippen molar-refractivity contribution in [2.24, 2.45) is 0 Å². The van der Waals surface area contributed by atoms with E-state index in [1.165, 1.54) is 25.8 Å². The van der Waals surface area contributed by atoms with E-state index in [0.29, 0.717) is 24.5 Å². The van der Waals surface area contributed by atoms with Crippen molar-refractivity contribution in [1.82, 2.24) is 4.90 Å². The van der Waals surface area contributed by atoms with Gasteiger partial charge < -0.3 is 19.5 Å². The summed E-state index contributed by atoms with van der Waals surface area (Å²) in [5.74, 6) is -0.853. The van der Waals surface area contributed by atoms with Gasteiger partial charge in [0.25, 0.3) is 5.91 Å². The highest BCUT2D eigenvalue weighted by atomic mass is 16.5. The van der Waals surface area contributed by atoms with Gasteiger partial charge in [0.1, 0.15) is 11.3 Å². The maximum Gasteiger partial charge on any atom is 0.329 e. The smallest absolute Gasteiger partial charge is 0.329 e. The van der Waals surface area contributed by atoms with Crippen LogP contribution in [-0.2, 0) is 9.53 Å². The fourth-order valence-electron chi connectivity index (χ4n) is 1.70. The lowest BCUT2D eigenvalue weighted by Gasteiger charge is -2.31. The van der Waals surface area contributed by atoms with Gasteiger partial charge in [-0.1, -0.05) is 6.07 Å². The molecule has 1 aromatic carbocycles. The number of methoxy groups -OCH3 is 1. The van der Waals surface area contributed by atoms with Crippen molar-refractivity contribution >= 4 is 11.9 Å². The van der Waals surface area contributed by atoms with Gasteiger partial charge in [0.15, 0.2) is 0 Å². The van der Waals surface area contributed by atoms with Gasteiger partial charge in [-0.05, 0) is 32.0 Å². The summed E-state index contributed by atoms with van der Waals surface area (Å²) in [5, 5.41) is 9.20. The number of ether oxygens (including phenoxy) is 2. The van der Waals surface area contributed by atoms with E-state index in [9.17, 15) is 14.7 Å². The third-order valence-corrected chi connectivity index (χ3v) is 3.51. The molecule has 0 fully saturated rings. The normalized spacial score (nSPS) is 11.1. The van der Waals surface area contributed by atoms with E-state index in [1.54, 1.807) is 31.4 Å². The number of hydrogen-bond acceptors (Lipinski definition) is 4. The van der Waals surface area contributed by atoms with Crippen molar-refractivity contribution in [3.05, 3.63) is 29.8 Å². The Bertz CT molecular complexity index is 527. The molecule has 1 amide bonds. The van der Waals surface area contributed by atoms with Crippen molar-refractivity contribution in [2.75, 3.05) is 27.4 Å². The average molecular weight is 309 g/mol. The van der Waals surface area contributed by atoms with Gasteiger partial charge in [-0.25, -0.2) is 4.79 Å². The molecular weight excluding hydrogens is 286 g/mol. The number of aliphatic carboxylic acids is 1. The highest BCUT2D eigenvalue weighted by molar-refractivity contribution is 5.97. The Hall–Kier alpha value is -2.08. The molecule has 0 saturated carbocycles. The van der Waals surface area contributed by atoms with Crippen LogP contribution in [0.2, 0.25) is 0 Å². The summed E-state index contributed by atoms with van der Waals surface area (Å²) >= 11 is 0. The quantitative estimate of drug-likeness (QED) is 0.744. The molecule has 0 radical (unpaired) electrons. The first kappa shape index (κ1) is 18.0. The number of rotatable bonds is 8. The van der Waals surface area contributed by atoms with E-state index >= 15 is 0 Å². The first-order chi connectivity index (χ1) is 10.3. The summed E-state index contributed by atoms with van der Waals surface area (Å²) in [6.07, 6.45) is 0.751. The minimum Gasteiger partial charge on any atom is -0.493 e. The first-order valence-corrected chi connectivity index (χ1v) is 7.04. The zero-order valence-electron chi connectivity index (χ0n) is 13.5. The van der Waals surface area contributed by atoms with Crippen LogP contribution in [-0.4, -0.2) is 54.8 Å². The number of hydrogen-bond donors (Lipinski definition) is 1. The standard InChI is InChI=1S/C16H23NO5/c1-16(2,15(19)20)17(3)14(18)12-7-5-8-13(11-12)22-10-6-9-21-4/h5,7-8,11H,6,9-10H2,1-4H3,(H,19,20). The van der Waals surface area contributed by atoms with E-state index in [0.717, 1.165) is 6.42 Å². The summed E-state index contributed by atoms with van der Waals surface area (Å²) in [6.45, 7) is 4.06. The first-order valence-electron chi connectivity index (χ1n) is 7.04.